The molecule has 1 fully saturated rings. The van der Waals surface area contributed by atoms with E-state index in [1.54, 1.807) is 6.07 Å². The number of H-pyrrole nitrogens is 1. The minimum atomic E-state index is -0.142. The molecule has 6 heteroatoms. The van der Waals surface area contributed by atoms with Crippen molar-refractivity contribution in [3.05, 3.63) is 54.0 Å². The monoisotopic (exact) mass is 381 g/mol. The fourth-order valence-electron chi connectivity index (χ4n) is 4.14. The lowest BCUT2D eigenvalue weighted by molar-refractivity contribution is 0.171. The van der Waals surface area contributed by atoms with E-state index >= 15 is 0 Å². The highest BCUT2D eigenvalue weighted by Gasteiger charge is 2.20. The summed E-state index contributed by atoms with van der Waals surface area (Å²) in [5, 5.41) is 0.734. The van der Waals surface area contributed by atoms with Gasteiger partial charge in [-0.15, -0.1) is 0 Å². The van der Waals surface area contributed by atoms with Crippen LogP contribution in [0.4, 0.5) is 10.1 Å². The molecule has 3 heterocycles. The average molecular weight is 381 g/mol. The number of aromatic nitrogens is 1. The lowest BCUT2D eigenvalue weighted by atomic mass is 10.1. The van der Waals surface area contributed by atoms with Crippen molar-refractivity contribution in [2.75, 3.05) is 50.8 Å². The lowest BCUT2D eigenvalue weighted by Gasteiger charge is -2.36. The Balaban J connectivity index is 1.19. The molecule has 0 saturated carbocycles. The van der Waals surface area contributed by atoms with E-state index in [0.29, 0.717) is 13.2 Å². The van der Waals surface area contributed by atoms with Crippen molar-refractivity contribution in [1.82, 2.24) is 9.88 Å². The number of nitrogens with one attached hydrogen (secondary N) is 1. The van der Waals surface area contributed by atoms with Gasteiger partial charge in [-0.2, -0.15) is 0 Å². The number of anilines is 1. The van der Waals surface area contributed by atoms with Gasteiger partial charge in [0.25, 0.3) is 0 Å². The molecule has 28 heavy (non-hydrogen) atoms. The molecule has 0 bridgehead atoms. The van der Waals surface area contributed by atoms with Crippen molar-refractivity contribution in [1.29, 1.82) is 0 Å². The quantitative estimate of drug-likeness (QED) is 0.752. The summed E-state index contributed by atoms with van der Waals surface area (Å²) in [6.07, 6.45) is 2.80. The van der Waals surface area contributed by atoms with E-state index in [4.69, 9.17) is 9.47 Å². The number of rotatable bonds is 4. The summed E-state index contributed by atoms with van der Waals surface area (Å²) in [6.45, 7) is 6.11. The molecule has 0 radical (unpaired) electrons. The highest BCUT2D eigenvalue weighted by Crippen LogP contribution is 2.34. The van der Waals surface area contributed by atoms with Crippen LogP contribution in [0.5, 0.6) is 11.5 Å². The summed E-state index contributed by atoms with van der Waals surface area (Å²) in [6, 6.07) is 11.4. The van der Waals surface area contributed by atoms with Crippen LogP contribution in [-0.4, -0.2) is 55.8 Å². The number of halogens is 1. The number of nitrogens with zero attached hydrogens (tertiary/aromatic N) is 2. The minimum absolute atomic E-state index is 0.142. The van der Waals surface area contributed by atoms with Crippen LogP contribution in [0.1, 0.15) is 5.56 Å². The first kappa shape index (κ1) is 17.4. The maximum Gasteiger partial charge on any atom is 0.163 e. The van der Waals surface area contributed by atoms with Crippen LogP contribution in [-0.2, 0) is 6.42 Å². The number of benzene rings is 2. The third kappa shape index (κ3) is 3.29. The maximum absolute atomic E-state index is 14.1. The number of hydrogen-bond donors (Lipinski definition) is 1. The Morgan fingerprint density at radius 3 is 2.64 bits per heavy atom. The van der Waals surface area contributed by atoms with E-state index in [1.807, 2.05) is 18.3 Å². The third-order valence-corrected chi connectivity index (χ3v) is 5.70. The van der Waals surface area contributed by atoms with E-state index in [9.17, 15) is 4.39 Å². The smallest absolute Gasteiger partial charge is 0.163 e. The van der Waals surface area contributed by atoms with Gasteiger partial charge in [0.2, 0.25) is 0 Å². The molecule has 3 aromatic rings. The summed E-state index contributed by atoms with van der Waals surface area (Å²) < 4.78 is 25.5. The molecule has 0 aliphatic carbocycles. The molecular weight excluding hydrogens is 357 g/mol. The second kappa shape index (κ2) is 7.36. The van der Waals surface area contributed by atoms with E-state index in [2.05, 4.69) is 26.9 Å². The minimum Gasteiger partial charge on any atom is -0.486 e. The number of hydrogen-bond acceptors (Lipinski definition) is 4. The van der Waals surface area contributed by atoms with Crippen molar-refractivity contribution in [3.63, 3.8) is 0 Å². The Labute approximate surface area is 163 Å². The zero-order chi connectivity index (χ0) is 18.9. The van der Waals surface area contributed by atoms with Crippen LogP contribution in [0.15, 0.2) is 42.6 Å². The molecule has 0 unspecified atom stereocenters. The van der Waals surface area contributed by atoms with Gasteiger partial charge >= 0.3 is 0 Å². The number of piperazine rings is 1. The first-order valence-corrected chi connectivity index (χ1v) is 9.89. The van der Waals surface area contributed by atoms with E-state index in [0.717, 1.165) is 67.1 Å². The summed E-state index contributed by atoms with van der Waals surface area (Å²) in [5.41, 5.74) is 3.11. The van der Waals surface area contributed by atoms with Crippen LogP contribution in [0.25, 0.3) is 10.9 Å². The molecule has 5 rings (SSSR count). The van der Waals surface area contributed by atoms with Crippen molar-refractivity contribution >= 4 is 16.6 Å². The topological polar surface area (TPSA) is 40.7 Å². The number of aromatic amines is 1. The molecule has 0 amide bonds. The van der Waals surface area contributed by atoms with Gasteiger partial charge in [-0.1, -0.05) is 6.07 Å². The van der Waals surface area contributed by atoms with E-state index in [-0.39, 0.29) is 5.82 Å². The molecule has 1 N–H and O–H groups in total. The normalized spacial score (nSPS) is 17.2. The Morgan fingerprint density at radius 1 is 0.964 bits per heavy atom. The van der Waals surface area contributed by atoms with Gasteiger partial charge < -0.3 is 19.4 Å². The Kier molecular flexibility index (Phi) is 4.56. The lowest BCUT2D eigenvalue weighted by Crippen LogP contribution is -2.47. The largest absolute Gasteiger partial charge is 0.486 e. The van der Waals surface area contributed by atoms with Crippen molar-refractivity contribution < 1.29 is 13.9 Å². The van der Waals surface area contributed by atoms with Gasteiger partial charge in [-0.25, -0.2) is 4.39 Å². The van der Waals surface area contributed by atoms with Gasteiger partial charge in [-0.3, -0.25) is 4.90 Å². The van der Waals surface area contributed by atoms with Crippen molar-refractivity contribution in [2.45, 2.75) is 6.42 Å². The summed E-state index contributed by atoms with van der Waals surface area (Å²) in [7, 11) is 0. The molecule has 146 valence electrons. The Hall–Kier alpha value is -2.73. The zero-order valence-corrected chi connectivity index (χ0v) is 15.8. The van der Waals surface area contributed by atoms with Crippen LogP contribution in [0, 0.1) is 5.82 Å². The van der Waals surface area contributed by atoms with Crippen molar-refractivity contribution in [3.8, 4) is 11.5 Å². The molecule has 2 aromatic carbocycles. The fourth-order valence-corrected chi connectivity index (χ4v) is 4.14. The van der Waals surface area contributed by atoms with Crippen LogP contribution in [0.3, 0.4) is 0 Å². The highest BCUT2D eigenvalue weighted by atomic mass is 19.1. The average Bonchev–Trinajstić information content (AvgIpc) is 3.17. The van der Waals surface area contributed by atoms with Crippen LogP contribution >= 0.6 is 0 Å². The van der Waals surface area contributed by atoms with Crippen LogP contribution in [0.2, 0.25) is 0 Å². The molecule has 2 aliphatic rings. The summed E-state index contributed by atoms with van der Waals surface area (Å²) in [4.78, 5) is 8.02. The SMILES string of the molecule is Fc1cccc2[nH]cc(CCN3CCN(c4ccc5c(c4)OCCO5)CC3)c12. The Morgan fingerprint density at radius 2 is 1.79 bits per heavy atom. The summed E-state index contributed by atoms with van der Waals surface area (Å²) in [5.74, 6) is 1.53. The second-order valence-electron chi connectivity index (χ2n) is 7.38. The van der Waals surface area contributed by atoms with Gasteiger partial charge in [-0.05, 0) is 36.2 Å². The number of fused-ring (bicyclic) bond motifs is 2. The molecule has 0 spiro atoms. The second-order valence-corrected chi connectivity index (χ2v) is 7.38. The molecular formula is C22H24FN3O2. The standard InChI is InChI=1S/C22H24FN3O2/c23-18-2-1-3-19-22(18)16(15-24-19)6-7-25-8-10-26(11-9-25)17-4-5-20-21(14-17)28-13-12-27-20/h1-5,14-15,24H,6-13H2. The third-order valence-electron chi connectivity index (χ3n) is 5.70. The van der Waals surface area contributed by atoms with Gasteiger partial charge in [0, 0.05) is 61.6 Å². The van der Waals surface area contributed by atoms with Gasteiger partial charge in [0.1, 0.15) is 19.0 Å². The predicted molar refractivity (Wildman–Crippen MR) is 108 cm³/mol. The summed E-state index contributed by atoms with van der Waals surface area (Å²) >= 11 is 0. The van der Waals surface area contributed by atoms with E-state index in [1.165, 1.54) is 11.8 Å². The van der Waals surface area contributed by atoms with Crippen molar-refractivity contribution in [2.24, 2.45) is 0 Å². The molecule has 5 nitrogen and oxygen atoms in total. The first-order chi connectivity index (χ1) is 13.8. The zero-order valence-electron chi connectivity index (χ0n) is 15.8. The first-order valence-electron chi connectivity index (χ1n) is 9.89. The molecule has 1 saturated heterocycles. The predicted octanol–water partition coefficient (Wildman–Crippen LogP) is 3.44. The molecule has 1 aromatic heterocycles. The van der Waals surface area contributed by atoms with Gasteiger partial charge in [0.15, 0.2) is 11.5 Å². The van der Waals surface area contributed by atoms with Crippen LogP contribution < -0.4 is 14.4 Å². The Bertz CT molecular complexity index is 979. The van der Waals surface area contributed by atoms with E-state index < -0.39 is 0 Å². The molecule has 0 atom stereocenters. The maximum atomic E-state index is 14.1. The van der Waals surface area contributed by atoms with Gasteiger partial charge in [0.05, 0.1) is 0 Å². The molecule has 2 aliphatic heterocycles. The number of ether oxygens (including phenoxy) is 2. The fraction of sp³-hybridized carbons (Fsp3) is 0.364. The highest BCUT2D eigenvalue weighted by molar-refractivity contribution is 5.83.